The van der Waals surface area contributed by atoms with Gasteiger partial charge in [0.2, 0.25) is 5.43 Å². The van der Waals surface area contributed by atoms with E-state index in [0.29, 0.717) is 25.3 Å². The van der Waals surface area contributed by atoms with Crippen LogP contribution in [0, 0.1) is 0 Å². The molecule has 0 atom stereocenters. The topological polar surface area (TPSA) is 93.3 Å². The van der Waals surface area contributed by atoms with Crippen molar-refractivity contribution in [2.24, 2.45) is 0 Å². The lowest BCUT2D eigenvalue weighted by Crippen LogP contribution is -2.35. The van der Waals surface area contributed by atoms with Crippen LogP contribution in [-0.4, -0.2) is 22.9 Å². The van der Waals surface area contributed by atoms with Crippen molar-refractivity contribution in [3.63, 3.8) is 0 Å². The number of carbonyl (C=O) groups excluding carboxylic acids is 2. The second-order valence-electron chi connectivity index (χ2n) is 6.51. The molecule has 2 N–H and O–H groups in total. The Morgan fingerprint density at radius 1 is 0.966 bits per heavy atom. The van der Waals surface area contributed by atoms with Crippen molar-refractivity contribution in [2.75, 3.05) is 6.54 Å². The molecule has 3 aromatic rings. The van der Waals surface area contributed by atoms with Gasteiger partial charge in [0.25, 0.3) is 11.8 Å². The van der Waals surface area contributed by atoms with Crippen molar-refractivity contribution in [3.05, 3.63) is 93.8 Å². The third-order valence-electron chi connectivity index (χ3n) is 4.41. The summed E-state index contributed by atoms with van der Waals surface area (Å²) in [5.74, 6) is -0.472. The van der Waals surface area contributed by atoms with E-state index in [1.54, 1.807) is 23.6 Å². The molecule has 0 aliphatic heterocycles. The number of hydrogen-bond acceptors (Lipinski definition) is 4. The number of amides is 2. The first kappa shape index (κ1) is 20.1. The summed E-state index contributed by atoms with van der Waals surface area (Å²) in [6.45, 7) is 2.83. The van der Waals surface area contributed by atoms with E-state index < -0.39 is 17.2 Å². The van der Waals surface area contributed by atoms with Crippen LogP contribution in [0.25, 0.3) is 0 Å². The number of carbonyl (C=O) groups is 2. The smallest absolute Gasteiger partial charge is 0.257 e. The lowest BCUT2D eigenvalue weighted by atomic mass is 10.1. The molecule has 2 aromatic heterocycles. The second-order valence-corrected chi connectivity index (χ2v) is 6.51. The van der Waals surface area contributed by atoms with E-state index >= 15 is 0 Å². The molecule has 0 fully saturated rings. The highest BCUT2D eigenvalue weighted by atomic mass is 16.3. The summed E-state index contributed by atoms with van der Waals surface area (Å²) in [7, 11) is 0. The van der Waals surface area contributed by atoms with Gasteiger partial charge in [-0.15, -0.1) is 0 Å². The van der Waals surface area contributed by atoms with Crippen LogP contribution in [0.1, 0.15) is 39.0 Å². The Morgan fingerprint density at radius 2 is 1.66 bits per heavy atom. The van der Waals surface area contributed by atoms with Crippen molar-refractivity contribution in [1.29, 1.82) is 0 Å². The van der Waals surface area contributed by atoms with Crippen LogP contribution in [0.2, 0.25) is 0 Å². The molecule has 7 nitrogen and oxygen atoms in total. The minimum Gasteiger partial charge on any atom is -0.467 e. The number of nitrogens with zero attached hydrogens (tertiary/aromatic N) is 1. The Labute approximate surface area is 168 Å². The van der Waals surface area contributed by atoms with Crippen LogP contribution < -0.4 is 16.1 Å². The lowest BCUT2D eigenvalue weighted by molar-refractivity contribution is 0.0946. The van der Waals surface area contributed by atoms with Gasteiger partial charge < -0.3 is 19.6 Å². The summed E-state index contributed by atoms with van der Waals surface area (Å²) in [6.07, 6.45) is 5.20. The summed E-state index contributed by atoms with van der Waals surface area (Å²) >= 11 is 0. The van der Waals surface area contributed by atoms with Crippen LogP contribution in [0.15, 0.2) is 70.3 Å². The highest BCUT2D eigenvalue weighted by Crippen LogP contribution is 2.06. The molecular weight excluding hydrogens is 370 g/mol. The fraction of sp³-hybridized carbons (Fsp3) is 0.227. The summed E-state index contributed by atoms with van der Waals surface area (Å²) in [6, 6.07) is 13.3. The number of aromatic nitrogens is 1. The average molecular weight is 393 g/mol. The van der Waals surface area contributed by atoms with Crippen molar-refractivity contribution in [2.45, 2.75) is 26.4 Å². The van der Waals surface area contributed by atoms with Crippen molar-refractivity contribution in [3.8, 4) is 0 Å². The zero-order valence-corrected chi connectivity index (χ0v) is 16.2. The van der Waals surface area contributed by atoms with Crippen LogP contribution in [0.5, 0.6) is 0 Å². The minimum absolute atomic E-state index is 0.0504. The Morgan fingerprint density at radius 3 is 2.28 bits per heavy atom. The van der Waals surface area contributed by atoms with Gasteiger partial charge >= 0.3 is 0 Å². The van der Waals surface area contributed by atoms with Crippen molar-refractivity contribution in [1.82, 2.24) is 15.2 Å². The SMILES string of the molecule is CCNC(=O)c1cn(CCc2ccccc2)cc(C(=O)NCc2ccco2)c1=O. The maximum Gasteiger partial charge on any atom is 0.257 e. The number of rotatable bonds is 8. The predicted octanol–water partition coefficient (Wildman–Crippen LogP) is 2.36. The largest absolute Gasteiger partial charge is 0.467 e. The standard InChI is InChI=1S/C22H23N3O4/c1-2-23-21(27)18-14-25(11-10-16-7-4-3-5-8-16)15-19(20(18)26)22(28)24-13-17-9-6-12-29-17/h3-9,12,14-15H,2,10-11,13H2,1H3,(H,23,27)(H,24,28). The summed E-state index contributed by atoms with van der Waals surface area (Å²) in [5.41, 5.74) is 0.400. The predicted molar refractivity (Wildman–Crippen MR) is 109 cm³/mol. The van der Waals surface area contributed by atoms with Gasteiger partial charge in [0, 0.05) is 25.5 Å². The fourth-order valence-corrected chi connectivity index (χ4v) is 2.92. The maximum absolute atomic E-state index is 12.8. The third kappa shape index (κ3) is 5.22. The molecule has 2 amide bonds. The zero-order chi connectivity index (χ0) is 20.6. The Kier molecular flexibility index (Phi) is 6.63. The highest BCUT2D eigenvalue weighted by Gasteiger charge is 2.19. The lowest BCUT2D eigenvalue weighted by Gasteiger charge is -2.12. The molecule has 0 unspecified atom stereocenters. The number of benzene rings is 1. The van der Waals surface area contributed by atoms with Gasteiger partial charge in [-0.2, -0.15) is 0 Å². The number of pyridine rings is 1. The average Bonchev–Trinajstić information content (AvgIpc) is 3.26. The molecule has 1 aromatic carbocycles. The molecule has 7 heteroatoms. The highest BCUT2D eigenvalue weighted by molar-refractivity contribution is 5.99. The van der Waals surface area contributed by atoms with Crippen molar-refractivity contribution < 1.29 is 14.0 Å². The van der Waals surface area contributed by atoms with Gasteiger partial charge in [-0.25, -0.2) is 0 Å². The van der Waals surface area contributed by atoms with E-state index in [0.717, 1.165) is 5.56 Å². The quantitative estimate of drug-likeness (QED) is 0.614. The van der Waals surface area contributed by atoms with E-state index in [1.165, 1.54) is 18.7 Å². The van der Waals surface area contributed by atoms with E-state index in [2.05, 4.69) is 10.6 Å². The first-order valence-electron chi connectivity index (χ1n) is 9.45. The molecule has 0 saturated heterocycles. The Hall–Kier alpha value is -3.61. The summed E-state index contributed by atoms with van der Waals surface area (Å²) in [4.78, 5) is 37.7. The molecule has 0 saturated carbocycles. The molecule has 150 valence electrons. The number of hydrogen-bond donors (Lipinski definition) is 2. The number of furan rings is 1. The Balaban J connectivity index is 1.86. The first-order valence-corrected chi connectivity index (χ1v) is 9.45. The molecule has 29 heavy (non-hydrogen) atoms. The maximum atomic E-state index is 12.8. The van der Waals surface area contributed by atoms with Crippen LogP contribution in [-0.2, 0) is 19.5 Å². The van der Waals surface area contributed by atoms with Crippen molar-refractivity contribution >= 4 is 11.8 Å². The van der Waals surface area contributed by atoms with Gasteiger partial charge in [-0.1, -0.05) is 30.3 Å². The normalized spacial score (nSPS) is 10.5. The molecule has 0 aliphatic rings. The fourth-order valence-electron chi connectivity index (χ4n) is 2.92. The second kappa shape index (κ2) is 9.54. The number of nitrogens with one attached hydrogen (secondary N) is 2. The third-order valence-corrected chi connectivity index (χ3v) is 4.41. The van der Waals surface area contributed by atoms with Gasteiger partial charge in [-0.3, -0.25) is 14.4 Å². The number of aryl methyl sites for hydroxylation is 2. The van der Waals surface area contributed by atoms with E-state index in [1.807, 2.05) is 30.3 Å². The molecule has 0 radical (unpaired) electrons. The van der Waals surface area contributed by atoms with Gasteiger partial charge in [0.05, 0.1) is 12.8 Å². The molecule has 0 bridgehead atoms. The molecule has 2 heterocycles. The molecule has 0 aliphatic carbocycles. The van der Waals surface area contributed by atoms with E-state index in [4.69, 9.17) is 4.42 Å². The van der Waals surface area contributed by atoms with Crippen LogP contribution >= 0.6 is 0 Å². The van der Waals surface area contributed by atoms with E-state index in [9.17, 15) is 14.4 Å². The zero-order valence-electron chi connectivity index (χ0n) is 16.2. The summed E-state index contributed by atoms with van der Waals surface area (Å²) < 4.78 is 6.90. The van der Waals surface area contributed by atoms with Crippen LogP contribution in [0.4, 0.5) is 0 Å². The van der Waals surface area contributed by atoms with Gasteiger partial charge in [0.15, 0.2) is 0 Å². The Bertz CT molecular complexity index is 1020. The van der Waals surface area contributed by atoms with Crippen LogP contribution in [0.3, 0.4) is 0 Å². The minimum atomic E-state index is -0.594. The van der Waals surface area contributed by atoms with Gasteiger partial charge in [0.1, 0.15) is 16.9 Å². The monoisotopic (exact) mass is 393 g/mol. The molecule has 0 spiro atoms. The summed E-state index contributed by atoms with van der Waals surface area (Å²) in [5, 5.41) is 5.29. The van der Waals surface area contributed by atoms with Gasteiger partial charge in [-0.05, 0) is 31.0 Å². The molecular formula is C22H23N3O4. The van der Waals surface area contributed by atoms with E-state index in [-0.39, 0.29) is 17.7 Å². The first-order chi connectivity index (χ1) is 14.1. The molecule has 3 rings (SSSR count).